The van der Waals surface area contributed by atoms with Crippen LogP contribution in [0.5, 0.6) is 0 Å². The molecular weight excluding hydrogens is 224 g/mol. The molecule has 0 aliphatic carbocycles. The second kappa shape index (κ2) is 3.25. The Labute approximate surface area is 69.2 Å². The summed E-state index contributed by atoms with van der Waals surface area (Å²) in [7, 11) is 0. The number of rotatable bonds is 1. The third-order valence-electron chi connectivity index (χ3n) is 1.27. The first-order valence-electron chi connectivity index (χ1n) is 3.01. The van der Waals surface area contributed by atoms with Crippen LogP contribution in [0.15, 0.2) is 30.3 Å². The van der Waals surface area contributed by atoms with Crippen molar-refractivity contribution in [3.8, 4) is 0 Å². The zero-order valence-electron chi connectivity index (χ0n) is 5.37. The van der Waals surface area contributed by atoms with Gasteiger partial charge in [-0.2, -0.15) is 0 Å². The van der Waals surface area contributed by atoms with E-state index in [1.807, 2.05) is 6.07 Å². The average molecular weight is 233 g/mol. The van der Waals surface area contributed by atoms with Crippen molar-refractivity contribution < 1.29 is 0 Å². The molecular formula is C8H9Te. The van der Waals surface area contributed by atoms with Crippen LogP contribution in [0.2, 0.25) is 0 Å². The molecule has 1 rings (SSSR count). The van der Waals surface area contributed by atoms with Gasteiger partial charge in [-0.3, -0.25) is 0 Å². The van der Waals surface area contributed by atoms with Crippen LogP contribution in [-0.4, -0.2) is 22.3 Å². The summed E-state index contributed by atoms with van der Waals surface area (Å²) < 4.78 is 0.669. The Balaban J connectivity index is 2.85. The Morgan fingerprint density at radius 1 is 1.22 bits per heavy atom. The molecule has 0 saturated carbocycles. The molecule has 0 bridgehead atoms. The maximum atomic E-state index is 2.21. The van der Waals surface area contributed by atoms with Crippen molar-refractivity contribution in [3.63, 3.8) is 0 Å². The van der Waals surface area contributed by atoms with Gasteiger partial charge in [-0.15, -0.1) is 0 Å². The van der Waals surface area contributed by atoms with Gasteiger partial charge >= 0.3 is 69.1 Å². The number of hydrogen-bond donors (Lipinski definition) is 0. The van der Waals surface area contributed by atoms with Crippen molar-refractivity contribution >= 4 is 22.3 Å². The predicted molar refractivity (Wildman–Crippen MR) is 40.6 cm³/mol. The molecule has 0 heterocycles. The first-order chi connectivity index (χ1) is 4.30. The molecule has 1 aromatic carbocycles. The van der Waals surface area contributed by atoms with E-state index < -0.39 is 0 Å². The molecule has 0 spiro atoms. The topological polar surface area (TPSA) is 0 Å². The molecule has 0 fully saturated rings. The average Bonchev–Trinajstić information content (AvgIpc) is 1.90. The summed E-state index contributed by atoms with van der Waals surface area (Å²) in [6.45, 7) is 2.21. The van der Waals surface area contributed by atoms with Crippen molar-refractivity contribution in [1.29, 1.82) is 0 Å². The van der Waals surface area contributed by atoms with Gasteiger partial charge in [0.2, 0.25) is 0 Å². The van der Waals surface area contributed by atoms with Gasteiger partial charge in [-0.25, -0.2) is 0 Å². The molecule has 0 N–H and O–H groups in total. The number of benzene rings is 1. The first kappa shape index (κ1) is 7.12. The van der Waals surface area contributed by atoms with E-state index in [4.69, 9.17) is 0 Å². The Morgan fingerprint density at radius 3 is 2.11 bits per heavy atom. The van der Waals surface area contributed by atoms with E-state index in [0.717, 1.165) is 0 Å². The minimum atomic E-state index is 0.669. The fourth-order valence-corrected chi connectivity index (χ4v) is 1.17. The van der Waals surface area contributed by atoms with Gasteiger partial charge in [0, 0.05) is 0 Å². The van der Waals surface area contributed by atoms with Gasteiger partial charge < -0.3 is 0 Å². The second-order valence-electron chi connectivity index (χ2n) is 2.05. The second-order valence-corrected chi connectivity index (χ2v) is 4.07. The zero-order valence-corrected chi connectivity index (χ0v) is 7.70. The van der Waals surface area contributed by atoms with E-state index in [0.29, 0.717) is 3.97 Å². The van der Waals surface area contributed by atoms with Crippen molar-refractivity contribution in [1.82, 2.24) is 0 Å². The SMILES string of the molecule is CC([Te])c1ccccc1. The molecule has 1 aromatic rings. The number of hydrogen-bond acceptors (Lipinski definition) is 0. The Hall–Kier alpha value is 0.00961. The van der Waals surface area contributed by atoms with Crippen molar-refractivity contribution in [2.75, 3.05) is 0 Å². The molecule has 0 saturated heterocycles. The van der Waals surface area contributed by atoms with Gasteiger partial charge in [0.15, 0.2) is 0 Å². The Bertz CT molecular complexity index is 167. The van der Waals surface area contributed by atoms with E-state index in [-0.39, 0.29) is 0 Å². The molecule has 0 aromatic heterocycles. The van der Waals surface area contributed by atoms with Crippen LogP contribution >= 0.6 is 0 Å². The van der Waals surface area contributed by atoms with Gasteiger partial charge in [-0.1, -0.05) is 0 Å². The van der Waals surface area contributed by atoms with E-state index in [9.17, 15) is 0 Å². The van der Waals surface area contributed by atoms with E-state index in [1.165, 1.54) is 5.56 Å². The Kier molecular flexibility index (Phi) is 2.57. The quantitative estimate of drug-likeness (QED) is 0.649. The van der Waals surface area contributed by atoms with Gasteiger partial charge in [0.05, 0.1) is 0 Å². The minimum absolute atomic E-state index is 0.669. The zero-order chi connectivity index (χ0) is 6.69. The molecule has 9 heavy (non-hydrogen) atoms. The summed E-state index contributed by atoms with van der Waals surface area (Å²) in [5, 5.41) is 0. The van der Waals surface area contributed by atoms with Crippen molar-refractivity contribution in [2.24, 2.45) is 0 Å². The van der Waals surface area contributed by atoms with Crippen LogP contribution in [0, 0.1) is 0 Å². The van der Waals surface area contributed by atoms with E-state index >= 15 is 0 Å². The Morgan fingerprint density at radius 2 is 1.78 bits per heavy atom. The van der Waals surface area contributed by atoms with Crippen molar-refractivity contribution in [3.05, 3.63) is 35.9 Å². The first-order valence-corrected chi connectivity index (χ1v) is 4.36. The van der Waals surface area contributed by atoms with Crippen LogP contribution in [0.1, 0.15) is 16.5 Å². The molecule has 0 aliphatic heterocycles. The maximum absolute atomic E-state index is 2.21. The summed E-state index contributed by atoms with van der Waals surface area (Å²) in [6, 6.07) is 10.5. The van der Waals surface area contributed by atoms with Crippen LogP contribution < -0.4 is 0 Å². The summed E-state index contributed by atoms with van der Waals surface area (Å²) in [4.78, 5) is 0. The monoisotopic (exact) mass is 235 g/mol. The van der Waals surface area contributed by atoms with Gasteiger partial charge in [0.25, 0.3) is 0 Å². The van der Waals surface area contributed by atoms with E-state index in [1.54, 1.807) is 0 Å². The van der Waals surface area contributed by atoms with Gasteiger partial charge in [0.1, 0.15) is 0 Å². The fourth-order valence-electron chi connectivity index (χ4n) is 0.724. The molecule has 0 aliphatic rings. The molecule has 1 unspecified atom stereocenters. The summed E-state index contributed by atoms with van der Waals surface area (Å²) in [5.74, 6) is 0. The molecule has 0 amide bonds. The predicted octanol–water partition coefficient (Wildman–Crippen LogP) is 1.92. The summed E-state index contributed by atoms with van der Waals surface area (Å²) in [6.07, 6.45) is 0. The van der Waals surface area contributed by atoms with Crippen LogP contribution in [0.4, 0.5) is 0 Å². The summed E-state index contributed by atoms with van der Waals surface area (Å²) in [5.41, 5.74) is 1.42. The third kappa shape index (κ3) is 2.01. The fraction of sp³-hybridized carbons (Fsp3) is 0.250. The van der Waals surface area contributed by atoms with Crippen molar-refractivity contribution in [2.45, 2.75) is 10.9 Å². The van der Waals surface area contributed by atoms with Crippen LogP contribution in [0.3, 0.4) is 0 Å². The molecule has 1 radical (unpaired) electrons. The molecule has 1 heteroatoms. The van der Waals surface area contributed by atoms with Crippen LogP contribution in [-0.2, 0) is 0 Å². The standard InChI is InChI=1S/C8H9Te/c1-7(9)8-5-3-2-4-6-8/h2-7H,1H3. The normalized spacial score (nSPS) is 13.1. The molecule has 0 nitrogen and oxygen atoms in total. The van der Waals surface area contributed by atoms with Gasteiger partial charge in [-0.05, 0) is 0 Å². The molecule has 47 valence electrons. The van der Waals surface area contributed by atoms with E-state index in [2.05, 4.69) is 53.5 Å². The third-order valence-corrected chi connectivity index (χ3v) is 2.05. The molecule has 1 atom stereocenters. The van der Waals surface area contributed by atoms with Crippen LogP contribution in [0.25, 0.3) is 0 Å². The summed E-state index contributed by atoms with van der Waals surface area (Å²) >= 11 is 2.14.